The molecule has 3 rings (SSSR count). The molecule has 0 aliphatic carbocycles. The normalized spacial score (nSPS) is 10.4. The number of amides is 1. The van der Waals surface area contributed by atoms with Crippen LogP contribution in [0, 0.1) is 17.1 Å². The van der Waals surface area contributed by atoms with Gasteiger partial charge in [0.2, 0.25) is 5.91 Å². The molecule has 6 heteroatoms. The molecule has 0 radical (unpaired) electrons. The highest BCUT2D eigenvalue weighted by atomic mass is 19.1. The first-order valence-electron chi connectivity index (χ1n) is 7.93. The molecule has 0 atom stereocenters. The molecule has 2 aromatic carbocycles. The van der Waals surface area contributed by atoms with E-state index in [2.05, 4.69) is 15.6 Å². The number of hydrogen-bond donors (Lipinski definition) is 3. The molecule has 0 fully saturated rings. The van der Waals surface area contributed by atoms with E-state index in [1.807, 2.05) is 36.5 Å². The van der Waals surface area contributed by atoms with E-state index in [9.17, 15) is 9.18 Å². The van der Waals surface area contributed by atoms with Gasteiger partial charge in [-0.15, -0.1) is 0 Å². The molecule has 5 nitrogen and oxygen atoms in total. The first-order valence-corrected chi connectivity index (χ1v) is 7.93. The number of halogens is 1. The molecule has 1 aromatic heterocycles. The number of nitrogens with zero attached hydrogens (tertiary/aromatic N) is 1. The summed E-state index contributed by atoms with van der Waals surface area (Å²) in [6, 6.07) is 14.1. The zero-order valence-corrected chi connectivity index (χ0v) is 13.5. The third kappa shape index (κ3) is 3.78. The van der Waals surface area contributed by atoms with Gasteiger partial charge in [0.1, 0.15) is 17.4 Å². The van der Waals surface area contributed by atoms with Gasteiger partial charge in [-0.3, -0.25) is 4.79 Å². The van der Waals surface area contributed by atoms with Crippen molar-refractivity contribution < 1.29 is 9.18 Å². The van der Waals surface area contributed by atoms with Gasteiger partial charge in [-0.05, 0) is 23.8 Å². The highest BCUT2D eigenvalue weighted by molar-refractivity contribution is 5.88. The van der Waals surface area contributed by atoms with Gasteiger partial charge in [0.15, 0.2) is 0 Å². The Morgan fingerprint density at radius 3 is 2.84 bits per heavy atom. The zero-order valence-electron chi connectivity index (χ0n) is 13.5. The van der Waals surface area contributed by atoms with Gasteiger partial charge in [-0.25, -0.2) is 4.39 Å². The van der Waals surface area contributed by atoms with E-state index in [0.29, 0.717) is 18.8 Å². The van der Waals surface area contributed by atoms with Gasteiger partial charge in [0, 0.05) is 30.2 Å². The van der Waals surface area contributed by atoms with Crippen LogP contribution in [0.3, 0.4) is 0 Å². The summed E-state index contributed by atoms with van der Waals surface area (Å²) in [5, 5.41) is 15.8. The topological polar surface area (TPSA) is 80.7 Å². The summed E-state index contributed by atoms with van der Waals surface area (Å²) in [6.07, 6.45) is 2.13. The van der Waals surface area contributed by atoms with E-state index in [0.717, 1.165) is 16.5 Å². The number of carbonyl (C=O) groups is 1. The lowest BCUT2D eigenvalue weighted by Gasteiger charge is -2.09. The summed E-state index contributed by atoms with van der Waals surface area (Å²) in [4.78, 5) is 15.2. The number of nitriles is 1. The van der Waals surface area contributed by atoms with Crippen LogP contribution < -0.4 is 10.6 Å². The fourth-order valence-electron chi connectivity index (χ4n) is 2.70. The van der Waals surface area contributed by atoms with Gasteiger partial charge in [0.05, 0.1) is 12.1 Å². The number of carbonyl (C=O) groups excluding carboxylic acids is 1. The maximum atomic E-state index is 13.5. The molecule has 1 amide bonds. The van der Waals surface area contributed by atoms with E-state index in [4.69, 9.17) is 5.26 Å². The quantitative estimate of drug-likeness (QED) is 0.605. The van der Waals surface area contributed by atoms with Gasteiger partial charge >= 0.3 is 0 Å². The van der Waals surface area contributed by atoms with Gasteiger partial charge in [-0.2, -0.15) is 5.26 Å². The number of benzene rings is 2. The molecule has 0 spiro atoms. The Hall–Kier alpha value is -3.33. The lowest BCUT2D eigenvalue weighted by Crippen LogP contribution is -2.30. The summed E-state index contributed by atoms with van der Waals surface area (Å²) in [6.45, 7) is 0.778. The summed E-state index contributed by atoms with van der Waals surface area (Å²) in [7, 11) is 0. The van der Waals surface area contributed by atoms with Gasteiger partial charge in [0.25, 0.3) is 0 Å². The lowest BCUT2D eigenvalue weighted by molar-refractivity contribution is -0.120. The Morgan fingerprint density at radius 2 is 2.00 bits per heavy atom. The summed E-state index contributed by atoms with van der Waals surface area (Å²) in [5.41, 5.74) is 2.35. The fourth-order valence-corrected chi connectivity index (χ4v) is 2.70. The molecule has 1 heterocycles. The average Bonchev–Trinajstić information content (AvgIpc) is 3.02. The molecule has 3 aromatic rings. The molecule has 0 saturated heterocycles. The number of anilines is 1. The second-order valence-corrected chi connectivity index (χ2v) is 5.59. The number of nitrogens with one attached hydrogen (secondary N) is 3. The highest BCUT2D eigenvalue weighted by Gasteiger charge is 2.09. The second-order valence-electron chi connectivity index (χ2n) is 5.59. The maximum absolute atomic E-state index is 13.5. The number of aromatic amines is 1. The van der Waals surface area contributed by atoms with Gasteiger partial charge in [-0.1, -0.05) is 24.3 Å². The minimum atomic E-state index is -0.559. The van der Waals surface area contributed by atoms with Crippen LogP contribution in [0.1, 0.15) is 11.1 Å². The molecule has 0 aliphatic rings. The van der Waals surface area contributed by atoms with Crippen LogP contribution in [0.2, 0.25) is 0 Å². The Balaban J connectivity index is 1.50. The van der Waals surface area contributed by atoms with Crippen LogP contribution in [-0.4, -0.2) is 24.0 Å². The minimum Gasteiger partial charge on any atom is -0.382 e. The number of para-hydroxylation sites is 1. The Bertz CT molecular complexity index is 942. The van der Waals surface area contributed by atoms with E-state index in [1.54, 1.807) is 6.07 Å². The standard InChI is InChI=1S/C19H17FN4O/c20-16-5-3-7-18(15(16)11-21)22-8-9-23-19(25)10-13-12-24-17-6-2-1-4-14(13)17/h1-7,12,22,24H,8-10H2,(H,23,25). The molecular weight excluding hydrogens is 319 g/mol. The predicted molar refractivity (Wildman–Crippen MR) is 94.6 cm³/mol. The minimum absolute atomic E-state index is 0.0207. The molecule has 3 N–H and O–H groups in total. The first kappa shape index (κ1) is 16.5. The smallest absolute Gasteiger partial charge is 0.224 e. The summed E-state index contributed by atoms with van der Waals surface area (Å²) >= 11 is 0. The molecule has 25 heavy (non-hydrogen) atoms. The largest absolute Gasteiger partial charge is 0.382 e. The van der Waals surface area contributed by atoms with Crippen molar-refractivity contribution in [2.75, 3.05) is 18.4 Å². The number of H-pyrrole nitrogens is 1. The average molecular weight is 336 g/mol. The van der Waals surface area contributed by atoms with Crippen molar-refractivity contribution in [1.82, 2.24) is 10.3 Å². The molecule has 0 saturated carbocycles. The van der Waals surface area contributed by atoms with Crippen molar-refractivity contribution in [2.45, 2.75) is 6.42 Å². The van der Waals surface area contributed by atoms with Crippen molar-refractivity contribution in [2.24, 2.45) is 0 Å². The second kappa shape index (κ2) is 7.49. The summed E-state index contributed by atoms with van der Waals surface area (Å²) in [5.74, 6) is -0.651. The number of aromatic nitrogens is 1. The van der Waals surface area contributed by atoms with Crippen molar-refractivity contribution in [3.05, 3.63) is 65.6 Å². The van der Waals surface area contributed by atoms with E-state index in [1.165, 1.54) is 12.1 Å². The number of rotatable bonds is 6. The van der Waals surface area contributed by atoms with Crippen LogP contribution in [0.25, 0.3) is 10.9 Å². The third-order valence-corrected chi connectivity index (χ3v) is 3.91. The van der Waals surface area contributed by atoms with Crippen LogP contribution in [0.15, 0.2) is 48.7 Å². The molecule has 0 unspecified atom stereocenters. The predicted octanol–water partition coefficient (Wildman–Crippen LogP) is 2.95. The highest BCUT2D eigenvalue weighted by Crippen LogP contribution is 2.18. The van der Waals surface area contributed by atoms with Gasteiger partial charge < -0.3 is 15.6 Å². The first-order chi connectivity index (χ1) is 12.2. The summed E-state index contributed by atoms with van der Waals surface area (Å²) < 4.78 is 13.5. The monoisotopic (exact) mass is 336 g/mol. The number of hydrogen-bond acceptors (Lipinski definition) is 3. The molecular formula is C19H17FN4O. The van der Waals surface area contributed by atoms with E-state index >= 15 is 0 Å². The Morgan fingerprint density at radius 1 is 1.16 bits per heavy atom. The SMILES string of the molecule is N#Cc1c(F)cccc1NCCNC(=O)Cc1c[nH]c2ccccc12. The van der Waals surface area contributed by atoms with Crippen LogP contribution >= 0.6 is 0 Å². The van der Waals surface area contributed by atoms with Crippen molar-refractivity contribution in [3.63, 3.8) is 0 Å². The van der Waals surface area contributed by atoms with Crippen LogP contribution in [0.5, 0.6) is 0 Å². The van der Waals surface area contributed by atoms with Crippen molar-refractivity contribution in [1.29, 1.82) is 5.26 Å². The zero-order chi connectivity index (χ0) is 17.6. The van der Waals surface area contributed by atoms with Crippen LogP contribution in [0.4, 0.5) is 10.1 Å². The van der Waals surface area contributed by atoms with Crippen molar-refractivity contribution in [3.8, 4) is 6.07 Å². The lowest BCUT2D eigenvalue weighted by atomic mass is 10.1. The Labute approximate surface area is 144 Å². The van der Waals surface area contributed by atoms with Crippen molar-refractivity contribution >= 4 is 22.5 Å². The molecule has 126 valence electrons. The van der Waals surface area contributed by atoms with E-state index in [-0.39, 0.29) is 17.9 Å². The third-order valence-electron chi connectivity index (χ3n) is 3.91. The fraction of sp³-hybridized carbons (Fsp3) is 0.158. The Kier molecular flexibility index (Phi) is 4.95. The molecule has 0 aliphatic heterocycles. The number of fused-ring (bicyclic) bond motifs is 1. The molecule has 0 bridgehead atoms. The maximum Gasteiger partial charge on any atom is 0.224 e. The van der Waals surface area contributed by atoms with E-state index < -0.39 is 5.82 Å². The van der Waals surface area contributed by atoms with Crippen LogP contribution in [-0.2, 0) is 11.2 Å².